The lowest BCUT2D eigenvalue weighted by atomic mass is 9.89. The van der Waals surface area contributed by atoms with Crippen LogP contribution >= 0.6 is 0 Å². The molecule has 17 heavy (non-hydrogen) atoms. The summed E-state index contributed by atoms with van der Waals surface area (Å²) in [4.78, 5) is 11.8. The molecule has 0 aromatic carbocycles. The molecule has 1 amide bonds. The van der Waals surface area contributed by atoms with Gasteiger partial charge in [-0.15, -0.1) is 0 Å². The lowest BCUT2D eigenvalue weighted by molar-refractivity contribution is -0.128. The van der Waals surface area contributed by atoms with Crippen LogP contribution in [0, 0.1) is 11.3 Å². The van der Waals surface area contributed by atoms with E-state index in [1.807, 2.05) is 0 Å². The number of rotatable bonds is 4. The number of amides is 1. The highest BCUT2D eigenvalue weighted by molar-refractivity contribution is 5.78. The van der Waals surface area contributed by atoms with Crippen LogP contribution in [0.1, 0.15) is 40.0 Å². The van der Waals surface area contributed by atoms with Crippen LogP contribution in [0.2, 0.25) is 0 Å². The van der Waals surface area contributed by atoms with Gasteiger partial charge in [-0.25, -0.2) is 0 Å². The van der Waals surface area contributed by atoms with Gasteiger partial charge in [0.2, 0.25) is 5.91 Å². The third kappa shape index (κ3) is 6.03. The molecule has 4 nitrogen and oxygen atoms in total. The summed E-state index contributed by atoms with van der Waals surface area (Å²) in [5.41, 5.74) is 0.0861. The topological polar surface area (TPSA) is 58.6 Å². The first-order valence-electron chi connectivity index (χ1n) is 6.42. The Morgan fingerprint density at radius 2 is 2.00 bits per heavy atom. The highest BCUT2D eigenvalue weighted by atomic mass is 16.5. The molecule has 1 atom stereocenters. The van der Waals surface area contributed by atoms with E-state index in [4.69, 9.17) is 4.74 Å². The largest absolute Gasteiger partial charge is 0.391 e. The van der Waals surface area contributed by atoms with Gasteiger partial charge in [0.15, 0.2) is 0 Å². The molecule has 0 saturated carbocycles. The Morgan fingerprint density at radius 3 is 2.53 bits per heavy atom. The first kappa shape index (κ1) is 14.5. The van der Waals surface area contributed by atoms with Crippen molar-refractivity contribution in [3.63, 3.8) is 0 Å². The Kier molecular flexibility index (Phi) is 5.40. The number of hydrogen-bond acceptors (Lipinski definition) is 3. The number of carbonyl (C=O) groups excluding carboxylic acids is 1. The van der Waals surface area contributed by atoms with Gasteiger partial charge in [-0.2, -0.15) is 0 Å². The molecule has 0 bridgehead atoms. The Balaban J connectivity index is 2.22. The van der Waals surface area contributed by atoms with E-state index >= 15 is 0 Å². The quantitative estimate of drug-likeness (QED) is 0.783. The van der Waals surface area contributed by atoms with Crippen LogP contribution < -0.4 is 5.32 Å². The number of aliphatic hydroxyl groups excluding tert-OH is 1. The van der Waals surface area contributed by atoms with Crippen molar-refractivity contribution in [3.8, 4) is 0 Å². The second-order valence-corrected chi connectivity index (χ2v) is 6.05. The van der Waals surface area contributed by atoms with Gasteiger partial charge in [0, 0.05) is 25.7 Å². The van der Waals surface area contributed by atoms with Gasteiger partial charge < -0.3 is 15.2 Å². The molecule has 0 aromatic rings. The van der Waals surface area contributed by atoms with E-state index in [0.29, 0.717) is 26.2 Å². The van der Waals surface area contributed by atoms with Crippen LogP contribution in [0.5, 0.6) is 0 Å². The normalized spacial score (nSPS) is 20.0. The second kappa shape index (κ2) is 6.36. The first-order chi connectivity index (χ1) is 7.88. The fraction of sp³-hybridized carbons (Fsp3) is 0.923. The fourth-order valence-corrected chi connectivity index (χ4v) is 2.10. The van der Waals surface area contributed by atoms with Crippen LogP contribution in [-0.4, -0.2) is 36.9 Å². The van der Waals surface area contributed by atoms with Crippen molar-refractivity contribution in [1.29, 1.82) is 0 Å². The zero-order chi connectivity index (χ0) is 12.9. The molecule has 1 unspecified atom stereocenters. The van der Waals surface area contributed by atoms with Crippen molar-refractivity contribution in [2.75, 3.05) is 19.8 Å². The first-order valence-corrected chi connectivity index (χ1v) is 6.42. The van der Waals surface area contributed by atoms with Gasteiger partial charge in [0.1, 0.15) is 0 Å². The predicted octanol–water partition coefficient (Wildman–Crippen LogP) is 1.33. The Labute approximate surface area is 104 Å². The van der Waals surface area contributed by atoms with Crippen molar-refractivity contribution >= 4 is 5.91 Å². The molecule has 0 aliphatic carbocycles. The van der Waals surface area contributed by atoms with Gasteiger partial charge in [-0.1, -0.05) is 20.8 Å². The maximum atomic E-state index is 11.8. The van der Waals surface area contributed by atoms with Crippen molar-refractivity contribution in [2.24, 2.45) is 11.3 Å². The van der Waals surface area contributed by atoms with Crippen LogP contribution in [0.25, 0.3) is 0 Å². The molecule has 2 N–H and O–H groups in total. The van der Waals surface area contributed by atoms with E-state index in [1.165, 1.54) is 0 Å². The summed E-state index contributed by atoms with van der Waals surface area (Å²) < 4.78 is 5.21. The van der Waals surface area contributed by atoms with E-state index in [9.17, 15) is 9.90 Å². The van der Waals surface area contributed by atoms with Gasteiger partial charge in [0.25, 0.3) is 0 Å². The molecule has 1 fully saturated rings. The molecule has 1 heterocycles. The van der Waals surface area contributed by atoms with Gasteiger partial charge in [0.05, 0.1) is 6.10 Å². The van der Waals surface area contributed by atoms with Crippen LogP contribution in [-0.2, 0) is 9.53 Å². The van der Waals surface area contributed by atoms with Crippen molar-refractivity contribution in [3.05, 3.63) is 0 Å². The molecule has 1 aliphatic heterocycles. The average Bonchev–Trinajstić information content (AvgIpc) is 2.25. The Morgan fingerprint density at radius 1 is 1.41 bits per heavy atom. The van der Waals surface area contributed by atoms with Crippen LogP contribution in [0.3, 0.4) is 0 Å². The van der Waals surface area contributed by atoms with Crippen molar-refractivity contribution in [1.82, 2.24) is 5.32 Å². The van der Waals surface area contributed by atoms with Gasteiger partial charge in [-0.05, 0) is 24.7 Å². The Hall–Kier alpha value is -0.610. The number of aliphatic hydroxyl groups is 1. The van der Waals surface area contributed by atoms with Crippen LogP contribution in [0.15, 0.2) is 0 Å². The summed E-state index contributed by atoms with van der Waals surface area (Å²) in [5.74, 6) is 0.117. The van der Waals surface area contributed by atoms with Gasteiger partial charge >= 0.3 is 0 Å². The predicted molar refractivity (Wildman–Crippen MR) is 66.6 cm³/mol. The molecule has 1 saturated heterocycles. The molecule has 0 radical (unpaired) electrons. The van der Waals surface area contributed by atoms with Crippen LogP contribution in [0.4, 0.5) is 0 Å². The summed E-state index contributed by atoms with van der Waals surface area (Å²) in [7, 11) is 0. The van der Waals surface area contributed by atoms with E-state index in [-0.39, 0.29) is 17.2 Å². The lowest BCUT2D eigenvalue weighted by Crippen LogP contribution is -2.39. The van der Waals surface area contributed by atoms with E-state index < -0.39 is 6.10 Å². The maximum absolute atomic E-state index is 11.8. The smallest absolute Gasteiger partial charge is 0.223 e. The van der Waals surface area contributed by atoms with Crippen molar-refractivity contribution in [2.45, 2.75) is 46.1 Å². The highest BCUT2D eigenvalue weighted by Gasteiger charge is 2.23. The lowest BCUT2D eigenvalue weighted by Gasteiger charge is -2.24. The molecular formula is C13H25NO3. The van der Waals surface area contributed by atoms with E-state index in [2.05, 4.69) is 26.1 Å². The highest BCUT2D eigenvalue weighted by Crippen LogP contribution is 2.20. The zero-order valence-corrected chi connectivity index (χ0v) is 11.2. The standard InChI is InChI=1S/C13H25NO3/c1-13(2,3)8-11(15)9-14-12(16)10-4-6-17-7-5-10/h10-11,15H,4-9H2,1-3H3,(H,14,16). The third-order valence-electron chi connectivity index (χ3n) is 2.95. The summed E-state index contributed by atoms with van der Waals surface area (Å²) in [6.07, 6.45) is 1.82. The summed E-state index contributed by atoms with van der Waals surface area (Å²) in [6.45, 7) is 7.93. The number of hydrogen-bond donors (Lipinski definition) is 2. The maximum Gasteiger partial charge on any atom is 0.223 e. The van der Waals surface area contributed by atoms with Gasteiger partial charge in [-0.3, -0.25) is 4.79 Å². The molecule has 1 aliphatic rings. The molecule has 100 valence electrons. The molecule has 4 heteroatoms. The summed E-state index contributed by atoms with van der Waals surface area (Å²) in [5, 5.41) is 12.6. The minimum Gasteiger partial charge on any atom is -0.391 e. The summed E-state index contributed by atoms with van der Waals surface area (Å²) in [6, 6.07) is 0. The number of ether oxygens (including phenoxy) is 1. The minimum absolute atomic E-state index is 0.0567. The molecule has 1 rings (SSSR count). The van der Waals surface area contributed by atoms with E-state index in [1.54, 1.807) is 0 Å². The molecule has 0 aromatic heterocycles. The number of nitrogens with one attached hydrogen (secondary N) is 1. The zero-order valence-electron chi connectivity index (χ0n) is 11.2. The number of carbonyl (C=O) groups is 1. The monoisotopic (exact) mass is 243 g/mol. The minimum atomic E-state index is -0.459. The fourth-order valence-electron chi connectivity index (χ4n) is 2.10. The van der Waals surface area contributed by atoms with Crippen molar-refractivity contribution < 1.29 is 14.6 Å². The third-order valence-corrected chi connectivity index (χ3v) is 2.95. The summed E-state index contributed by atoms with van der Waals surface area (Å²) >= 11 is 0. The SMILES string of the molecule is CC(C)(C)CC(O)CNC(=O)C1CCOCC1. The Bertz CT molecular complexity index is 242. The molecule has 0 spiro atoms. The average molecular weight is 243 g/mol. The molecular weight excluding hydrogens is 218 g/mol. The second-order valence-electron chi connectivity index (χ2n) is 6.05. The van der Waals surface area contributed by atoms with E-state index in [0.717, 1.165) is 12.8 Å².